The van der Waals surface area contributed by atoms with E-state index in [4.69, 9.17) is 11.6 Å². The first-order chi connectivity index (χ1) is 12.0. The Morgan fingerprint density at radius 1 is 0.920 bits per heavy atom. The van der Waals surface area contributed by atoms with Crippen LogP contribution in [0.2, 0.25) is 5.02 Å². The average Bonchev–Trinajstić information content (AvgIpc) is 2.64. The summed E-state index contributed by atoms with van der Waals surface area (Å²) in [4.78, 5) is 27.9. The van der Waals surface area contributed by atoms with Crippen LogP contribution in [0.5, 0.6) is 0 Å². The Morgan fingerprint density at radius 2 is 1.52 bits per heavy atom. The number of para-hydroxylation sites is 1. The van der Waals surface area contributed by atoms with Gasteiger partial charge in [0, 0.05) is 36.8 Å². The monoisotopic (exact) mass is 361 g/mol. The van der Waals surface area contributed by atoms with Crippen LogP contribution in [0, 0.1) is 5.82 Å². The number of hydrogen-bond acceptors (Lipinski definition) is 2. The molecule has 3 amide bonds. The second kappa shape index (κ2) is 7.53. The van der Waals surface area contributed by atoms with Gasteiger partial charge < -0.3 is 15.1 Å². The first kappa shape index (κ1) is 17.2. The highest BCUT2D eigenvalue weighted by Gasteiger charge is 2.25. The van der Waals surface area contributed by atoms with E-state index in [1.807, 2.05) is 0 Å². The van der Waals surface area contributed by atoms with Crippen LogP contribution in [0.1, 0.15) is 10.4 Å². The van der Waals surface area contributed by atoms with Gasteiger partial charge in [0.2, 0.25) is 0 Å². The van der Waals surface area contributed by atoms with Gasteiger partial charge >= 0.3 is 6.03 Å². The number of carbonyl (C=O) groups excluding carboxylic acids is 2. The van der Waals surface area contributed by atoms with E-state index in [0.29, 0.717) is 36.8 Å². The maximum absolute atomic E-state index is 13.6. The summed E-state index contributed by atoms with van der Waals surface area (Å²) in [5, 5.41) is 3.13. The Hall–Kier alpha value is -2.60. The lowest BCUT2D eigenvalue weighted by molar-refractivity contribution is 0.0671. The minimum atomic E-state index is -0.479. The lowest BCUT2D eigenvalue weighted by Gasteiger charge is -2.34. The molecule has 7 heteroatoms. The number of piperazine rings is 1. The lowest BCUT2D eigenvalue weighted by atomic mass is 10.2. The molecule has 3 rings (SSSR count). The van der Waals surface area contributed by atoms with Crippen molar-refractivity contribution in [3.05, 3.63) is 64.9 Å². The van der Waals surface area contributed by atoms with E-state index in [9.17, 15) is 14.0 Å². The summed E-state index contributed by atoms with van der Waals surface area (Å²) < 4.78 is 13.6. The molecule has 1 aliphatic heterocycles. The predicted molar refractivity (Wildman–Crippen MR) is 94.3 cm³/mol. The molecular weight excluding hydrogens is 345 g/mol. The van der Waals surface area contributed by atoms with E-state index < -0.39 is 5.82 Å². The molecule has 0 saturated carbocycles. The normalized spacial score (nSPS) is 14.3. The molecule has 2 aromatic carbocycles. The van der Waals surface area contributed by atoms with Crippen molar-refractivity contribution in [3.8, 4) is 0 Å². The van der Waals surface area contributed by atoms with Crippen LogP contribution in [0.4, 0.5) is 14.9 Å². The summed E-state index contributed by atoms with van der Waals surface area (Å²) in [6, 6.07) is 12.4. The highest BCUT2D eigenvalue weighted by atomic mass is 35.5. The van der Waals surface area contributed by atoms with Crippen LogP contribution in [-0.2, 0) is 0 Å². The number of nitrogens with zero attached hydrogens (tertiary/aromatic N) is 2. The van der Waals surface area contributed by atoms with Crippen molar-refractivity contribution in [2.24, 2.45) is 0 Å². The summed E-state index contributed by atoms with van der Waals surface area (Å²) in [5.74, 6) is -0.571. The first-order valence-electron chi connectivity index (χ1n) is 7.90. The highest BCUT2D eigenvalue weighted by Crippen LogP contribution is 2.15. The van der Waals surface area contributed by atoms with Crippen LogP contribution in [0.3, 0.4) is 0 Å². The SMILES string of the molecule is O=C(Nc1ccccc1F)N1CCN(C(=O)c2ccc(Cl)cc2)CC1. The van der Waals surface area contributed by atoms with Gasteiger partial charge in [-0.1, -0.05) is 23.7 Å². The van der Waals surface area contributed by atoms with E-state index in [1.165, 1.54) is 12.1 Å². The second-order valence-corrected chi connectivity index (χ2v) is 6.13. The largest absolute Gasteiger partial charge is 0.335 e. The molecule has 0 aliphatic carbocycles. The standard InChI is InChI=1S/C18H17ClFN3O2/c19-14-7-5-13(6-8-14)17(24)22-9-11-23(12-10-22)18(25)21-16-4-2-1-3-15(16)20/h1-8H,9-12H2,(H,21,25). The van der Waals surface area contributed by atoms with Crippen LogP contribution >= 0.6 is 11.6 Å². The number of hydrogen-bond donors (Lipinski definition) is 1. The first-order valence-corrected chi connectivity index (χ1v) is 8.28. The number of anilines is 1. The maximum atomic E-state index is 13.6. The van der Waals surface area contributed by atoms with Gasteiger partial charge in [-0.3, -0.25) is 4.79 Å². The zero-order valence-electron chi connectivity index (χ0n) is 13.4. The molecule has 1 aliphatic rings. The Kier molecular flexibility index (Phi) is 5.19. The predicted octanol–water partition coefficient (Wildman–Crippen LogP) is 3.47. The van der Waals surface area contributed by atoms with Gasteiger partial charge in [0.05, 0.1) is 5.69 Å². The number of halogens is 2. The van der Waals surface area contributed by atoms with Gasteiger partial charge in [-0.15, -0.1) is 0 Å². The molecule has 1 saturated heterocycles. The molecule has 0 unspecified atom stereocenters. The number of nitrogens with one attached hydrogen (secondary N) is 1. The quantitative estimate of drug-likeness (QED) is 0.890. The van der Waals surface area contributed by atoms with Crippen molar-refractivity contribution in [3.63, 3.8) is 0 Å². The number of amides is 3. The molecule has 25 heavy (non-hydrogen) atoms. The molecular formula is C18H17ClFN3O2. The Labute approximate surface area is 150 Å². The van der Waals surface area contributed by atoms with Crippen molar-refractivity contribution in [2.75, 3.05) is 31.5 Å². The summed E-state index contributed by atoms with van der Waals surface area (Å²) in [5.41, 5.74) is 0.709. The summed E-state index contributed by atoms with van der Waals surface area (Å²) >= 11 is 5.83. The summed E-state index contributed by atoms with van der Waals surface area (Å²) in [6.45, 7) is 1.62. The van der Waals surface area contributed by atoms with Crippen molar-refractivity contribution in [1.29, 1.82) is 0 Å². The van der Waals surface area contributed by atoms with Gasteiger partial charge in [0.1, 0.15) is 5.82 Å². The van der Waals surface area contributed by atoms with Crippen LogP contribution < -0.4 is 5.32 Å². The van der Waals surface area contributed by atoms with Gasteiger partial charge in [-0.2, -0.15) is 0 Å². The molecule has 1 heterocycles. The smallest absolute Gasteiger partial charge is 0.322 e. The number of benzene rings is 2. The Morgan fingerprint density at radius 3 is 2.16 bits per heavy atom. The molecule has 5 nitrogen and oxygen atoms in total. The summed E-state index contributed by atoms with van der Waals surface area (Å²) in [6.07, 6.45) is 0. The molecule has 0 radical (unpaired) electrons. The second-order valence-electron chi connectivity index (χ2n) is 5.70. The topological polar surface area (TPSA) is 52.7 Å². The average molecular weight is 362 g/mol. The van der Waals surface area contributed by atoms with Gasteiger partial charge in [-0.25, -0.2) is 9.18 Å². The Balaban J connectivity index is 1.56. The highest BCUT2D eigenvalue weighted by molar-refractivity contribution is 6.30. The fourth-order valence-corrected chi connectivity index (χ4v) is 2.77. The fourth-order valence-electron chi connectivity index (χ4n) is 2.64. The number of urea groups is 1. The van der Waals surface area contributed by atoms with Crippen LogP contribution in [0.25, 0.3) is 0 Å². The zero-order chi connectivity index (χ0) is 17.8. The molecule has 1 N–H and O–H groups in total. The van der Waals surface area contributed by atoms with Crippen molar-refractivity contribution >= 4 is 29.2 Å². The van der Waals surface area contributed by atoms with Crippen molar-refractivity contribution in [1.82, 2.24) is 9.80 Å². The third kappa shape index (κ3) is 4.09. The maximum Gasteiger partial charge on any atom is 0.322 e. The van der Waals surface area contributed by atoms with E-state index in [-0.39, 0.29) is 17.6 Å². The Bertz CT molecular complexity index is 774. The third-order valence-electron chi connectivity index (χ3n) is 4.06. The zero-order valence-corrected chi connectivity index (χ0v) is 14.2. The molecule has 1 fully saturated rings. The van der Waals surface area contributed by atoms with E-state index in [2.05, 4.69) is 5.32 Å². The molecule has 2 aromatic rings. The molecule has 130 valence electrons. The number of rotatable bonds is 2. The third-order valence-corrected chi connectivity index (χ3v) is 4.31. The van der Waals surface area contributed by atoms with Crippen LogP contribution in [-0.4, -0.2) is 47.9 Å². The van der Waals surface area contributed by atoms with Crippen molar-refractivity contribution in [2.45, 2.75) is 0 Å². The van der Waals surface area contributed by atoms with E-state index >= 15 is 0 Å². The molecule has 0 atom stereocenters. The van der Waals surface area contributed by atoms with Gasteiger partial charge in [0.25, 0.3) is 5.91 Å². The molecule has 0 aromatic heterocycles. The minimum Gasteiger partial charge on any atom is -0.335 e. The number of carbonyl (C=O) groups is 2. The van der Waals surface area contributed by atoms with E-state index in [1.54, 1.807) is 46.2 Å². The van der Waals surface area contributed by atoms with Gasteiger partial charge in [0.15, 0.2) is 0 Å². The van der Waals surface area contributed by atoms with Crippen LogP contribution in [0.15, 0.2) is 48.5 Å². The lowest BCUT2D eigenvalue weighted by Crippen LogP contribution is -2.51. The van der Waals surface area contributed by atoms with Crippen molar-refractivity contribution < 1.29 is 14.0 Å². The minimum absolute atomic E-state index is 0.0918. The molecule has 0 spiro atoms. The fraction of sp³-hybridized carbons (Fsp3) is 0.222. The van der Waals surface area contributed by atoms with Gasteiger partial charge in [-0.05, 0) is 36.4 Å². The molecule has 0 bridgehead atoms. The summed E-state index contributed by atoms with van der Waals surface area (Å²) in [7, 11) is 0. The van der Waals surface area contributed by atoms with E-state index in [0.717, 1.165) is 0 Å².